The molecule has 59 valence electrons. The molecule has 2 aromatic rings. The molecule has 2 rings (SSSR count). The minimum absolute atomic E-state index is 0.540. The molecule has 0 spiro atoms. The lowest BCUT2D eigenvalue weighted by Gasteiger charge is -1.92. The molecule has 0 fully saturated rings. The zero-order valence-corrected chi connectivity index (χ0v) is 6.32. The van der Waals surface area contributed by atoms with E-state index in [0.717, 1.165) is 10.9 Å². The van der Waals surface area contributed by atoms with Crippen molar-refractivity contribution in [2.45, 2.75) is 0 Å². The molecule has 0 bridgehead atoms. The summed E-state index contributed by atoms with van der Waals surface area (Å²) in [5.74, 6) is 0.540. The second-order valence-electron chi connectivity index (χ2n) is 2.44. The molecule has 12 heavy (non-hydrogen) atoms. The van der Waals surface area contributed by atoms with Crippen molar-refractivity contribution in [3.8, 4) is 5.88 Å². The summed E-state index contributed by atoms with van der Waals surface area (Å²) in [5, 5.41) is 9.44. The Morgan fingerprint density at radius 1 is 1.33 bits per heavy atom. The highest BCUT2D eigenvalue weighted by atomic mass is 16.5. The number of fused-ring (bicyclic) bond motifs is 1. The van der Waals surface area contributed by atoms with E-state index in [1.165, 1.54) is 0 Å². The van der Waals surface area contributed by atoms with Gasteiger partial charge in [0.2, 0.25) is 0 Å². The first-order valence-electron chi connectivity index (χ1n) is 3.60. The van der Waals surface area contributed by atoms with Gasteiger partial charge in [-0.1, -0.05) is 18.2 Å². The number of para-hydroxylation sites is 1. The van der Waals surface area contributed by atoms with Crippen molar-refractivity contribution < 1.29 is 9.68 Å². The second-order valence-corrected chi connectivity index (χ2v) is 2.44. The summed E-state index contributed by atoms with van der Waals surface area (Å²) in [4.78, 5) is 2.98. The Kier molecular flexibility index (Phi) is 1.76. The fraction of sp³-hybridized carbons (Fsp3) is 0. The lowest BCUT2D eigenvalue weighted by molar-refractivity contribution is 0.445. The van der Waals surface area contributed by atoms with Crippen LogP contribution in [0.15, 0.2) is 30.3 Å². The lowest BCUT2D eigenvalue weighted by Crippen LogP contribution is -1.99. The third-order valence-electron chi connectivity index (χ3n) is 1.68. The van der Waals surface area contributed by atoms with Crippen LogP contribution in [0.25, 0.3) is 10.9 Å². The first-order valence-corrected chi connectivity index (χ1v) is 3.60. The van der Waals surface area contributed by atoms with Gasteiger partial charge in [0.05, 0.1) is 0 Å². The molecule has 4 heteroatoms. The molecular formula is C8H7BNO2. The number of rotatable bonds is 2. The van der Waals surface area contributed by atoms with Crippen molar-refractivity contribution in [2.24, 2.45) is 0 Å². The van der Waals surface area contributed by atoms with Gasteiger partial charge in [-0.3, -0.25) is 0 Å². The number of benzene rings is 1. The Hall–Kier alpha value is -1.42. The molecule has 1 aromatic heterocycles. The van der Waals surface area contributed by atoms with E-state index in [1.807, 2.05) is 30.3 Å². The van der Waals surface area contributed by atoms with Crippen LogP contribution in [-0.2, 0) is 0 Å². The third kappa shape index (κ3) is 1.17. The monoisotopic (exact) mass is 160 g/mol. The SMILES string of the molecule is O[B]Oc1cc2ccccc2[nH]1. The van der Waals surface area contributed by atoms with Crippen molar-refractivity contribution in [1.82, 2.24) is 4.98 Å². The summed E-state index contributed by atoms with van der Waals surface area (Å²) in [6.45, 7) is 0. The molecule has 1 heterocycles. The maximum Gasteiger partial charge on any atom is 0.570 e. The van der Waals surface area contributed by atoms with Crippen LogP contribution in [0.2, 0.25) is 0 Å². The number of aromatic nitrogens is 1. The molecule has 1 aromatic carbocycles. The van der Waals surface area contributed by atoms with E-state index in [4.69, 9.17) is 9.68 Å². The van der Waals surface area contributed by atoms with Gasteiger partial charge in [0.15, 0.2) is 5.88 Å². The lowest BCUT2D eigenvalue weighted by atomic mass is 10.2. The predicted molar refractivity (Wildman–Crippen MR) is 46.9 cm³/mol. The highest BCUT2D eigenvalue weighted by molar-refractivity contribution is 6.17. The van der Waals surface area contributed by atoms with Gasteiger partial charge < -0.3 is 14.7 Å². The van der Waals surface area contributed by atoms with Crippen LogP contribution in [0, 0.1) is 0 Å². The standard InChI is InChI=1S/C8H7BNO2/c11-9-12-8-5-6-3-1-2-4-7(6)10-8/h1-5,10-11H. The summed E-state index contributed by atoms with van der Waals surface area (Å²) in [6.07, 6.45) is 0. The minimum Gasteiger partial charge on any atom is -0.525 e. The molecule has 0 aliphatic carbocycles. The predicted octanol–water partition coefficient (Wildman–Crippen LogP) is 1.07. The average molecular weight is 160 g/mol. The number of hydrogen-bond donors (Lipinski definition) is 2. The van der Waals surface area contributed by atoms with Gasteiger partial charge in [0.25, 0.3) is 0 Å². The van der Waals surface area contributed by atoms with E-state index in [9.17, 15) is 0 Å². The quantitative estimate of drug-likeness (QED) is 0.645. The second kappa shape index (κ2) is 2.91. The zero-order valence-electron chi connectivity index (χ0n) is 6.32. The van der Waals surface area contributed by atoms with Gasteiger partial charge in [0.1, 0.15) is 0 Å². The Bertz CT molecular complexity index is 352. The van der Waals surface area contributed by atoms with Gasteiger partial charge in [0, 0.05) is 17.0 Å². The molecule has 0 aliphatic rings. The smallest absolute Gasteiger partial charge is 0.525 e. The summed E-state index contributed by atoms with van der Waals surface area (Å²) < 4.78 is 4.77. The van der Waals surface area contributed by atoms with Crippen molar-refractivity contribution in [3.63, 3.8) is 0 Å². The van der Waals surface area contributed by atoms with Crippen LogP contribution < -0.4 is 4.65 Å². The fourth-order valence-electron chi connectivity index (χ4n) is 1.17. The van der Waals surface area contributed by atoms with Crippen LogP contribution in [0.3, 0.4) is 0 Å². The van der Waals surface area contributed by atoms with E-state index < -0.39 is 0 Å². The summed E-state index contributed by atoms with van der Waals surface area (Å²) in [6, 6.07) is 9.62. The van der Waals surface area contributed by atoms with Gasteiger partial charge in [-0.15, -0.1) is 0 Å². The molecule has 0 aliphatic heterocycles. The van der Waals surface area contributed by atoms with Crippen molar-refractivity contribution >= 4 is 18.6 Å². The minimum atomic E-state index is 0.540. The number of aromatic amines is 1. The number of nitrogens with one attached hydrogen (secondary N) is 1. The van der Waals surface area contributed by atoms with Crippen molar-refractivity contribution in [2.75, 3.05) is 0 Å². The first kappa shape index (κ1) is 7.25. The maximum atomic E-state index is 8.38. The normalized spacial score (nSPS) is 10.1. The maximum absolute atomic E-state index is 8.38. The van der Waals surface area contributed by atoms with Crippen molar-refractivity contribution in [1.29, 1.82) is 0 Å². The fourth-order valence-corrected chi connectivity index (χ4v) is 1.17. The van der Waals surface area contributed by atoms with Crippen molar-refractivity contribution in [3.05, 3.63) is 30.3 Å². The van der Waals surface area contributed by atoms with E-state index >= 15 is 0 Å². The number of H-pyrrole nitrogens is 1. The summed E-state index contributed by atoms with van der Waals surface area (Å²) in [5.41, 5.74) is 0.995. The molecule has 0 saturated heterocycles. The molecule has 0 atom stereocenters. The Labute approximate surface area is 70.3 Å². The van der Waals surface area contributed by atoms with E-state index in [1.54, 1.807) is 0 Å². The molecule has 1 radical (unpaired) electrons. The van der Waals surface area contributed by atoms with E-state index in [0.29, 0.717) is 13.6 Å². The van der Waals surface area contributed by atoms with Gasteiger partial charge in [-0.05, 0) is 6.07 Å². The molecule has 2 N–H and O–H groups in total. The topological polar surface area (TPSA) is 45.2 Å². The van der Waals surface area contributed by atoms with Crippen LogP contribution >= 0.6 is 0 Å². The van der Waals surface area contributed by atoms with Gasteiger partial charge in [-0.2, -0.15) is 0 Å². The van der Waals surface area contributed by atoms with Gasteiger partial charge >= 0.3 is 7.69 Å². The molecule has 0 saturated carbocycles. The number of hydrogen-bond acceptors (Lipinski definition) is 2. The van der Waals surface area contributed by atoms with Gasteiger partial charge in [-0.25, -0.2) is 0 Å². The summed E-state index contributed by atoms with van der Waals surface area (Å²) >= 11 is 0. The molecule has 3 nitrogen and oxygen atoms in total. The third-order valence-corrected chi connectivity index (χ3v) is 1.68. The van der Waals surface area contributed by atoms with E-state index in [2.05, 4.69) is 4.98 Å². The molecular weight excluding hydrogens is 153 g/mol. The zero-order chi connectivity index (χ0) is 8.39. The molecule has 0 amide bonds. The largest absolute Gasteiger partial charge is 0.570 e. The first-order chi connectivity index (χ1) is 5.90. The van der Waals surface area contributed by atoms with Crippen LogP contribution in [0.1, 0.15) is 0 Å². The Morgan fingerprint density at radius 2 is 2.17 bits per heavy atom. The highest BCUT2D eigenvalue weighted by Gasteiger charge is 1.99. The van der Waals surface area contributed by atoms with Crippen LogP contribution in [0.4, 0.5) is 0 Å². The van der Waals surface area contributed by atoms with Crippen LogP contribution in [-0.4, -0.2) is 17.7 Å². The summed E-state index contributed by atoms with van der Waals surface area (Å²) in [7, 11) is 0.657. The van der Waals surface area contributed by atoms with E-state index in [-0.39, 0.29) is 0 Å². The Morgan fingerprint density at radius 3 is 2.92 bits per heavy atom. The van der Waals surface area contributed by atoms with Crippen LogP contribution in [0.5, 0.6) is 5.88 Å². The Balaban J connectivity index is 2.47. The molecule has 0 unspecified atom stereocenters. The average Bonchev–Trinajstić information content (AvgIpc) is 2.47. The highest BCUT2D eigenvalue weighted by Crippen LogP contribution is 2.18.